The molecule has 0 unspecified atom stereocenters. The number of carbonyl (C=O) groups is 1. The molecule has 3 rings (SSSR count). The molecule has 0 radical (unpaired) electrons. The monoisotopic (exact) mass is 454 g/mol. The minimum Gasteiger partial charge on any atom is -0.348 e. The van der Waals surface area contributed by atoms with Gasteiger partial charge in [-0.15, -0.1) is 0 Å². The third-order valence-corrected chi connectivity index (χ3v) is 6.87. The summed E-state index contributed by atoms with van der Waals surface area (Å²) in [5, 5.41) is 2.63. The molecule has 1 N–H and O–H groups in total. The zero-order valence-electron chi connectivity index (χ0n) is 14.6. The van der Waals surface area contributed by atoms with E-state index in [-0.39, 0.29) is 17.0 Å². The summed E-state index contributed by atoms with van der Waals surface area (Å²) in [6.07, 6.45) is 2.78. The van der Waals surface area contributed by atoms with Crippen LogP contribution >= 0.6 is 15.9 Å². The highest BCUT2D eigenvalue weighted by atomic mass is 79.9. The molecule has 0 saturated carbocycles. The van der Waals surface area contributed by atoms with Crippen molar-refractivity contribution >= 4 is 31.9 Å². The third-order valence-electron chi connectivity index (χ3n) is 4.48. The van der Waals surface area contributed by atoms with Crippen molar-refractivity contribution < 1.29 is 17.6 Å². The van der Waals surface area contributed by atoms with E-state index in [0.29, 0.717) is 23.1 Å². The van der Waals surface area contributed by atoms with Gasteiger partial charge in [-0.3, -0.25) is 4.79 Å². The third kappa shape index (κ3) is 4.75. The summed E-state index contributed by atoms with van der Waals surface area (Å²) in [4.78, 5) is 12.4. The highest BCUT2D eigenvalue weighted by Gasteiger charge is 2.26. The van der Waals surface area contributed by atoms with Gasteiger partial charge in [-0.1, -0.05) is 34.5 Å². The first-order chi connectivity index (χ1) is 12.9. The van der Waals surface area contributed by atoms with Crippen LogP contribution in [0, 0.1) is 5.82 Å². The highest BCUT2D eigenvalue weighted by molar-refractivity contribution is 9.10. The van der Waals surface area contributed by atoms with Gasteiger partial charge < -0.3 is 5.32 Å². The number of benzene rings is 2. The Morgan fingerprint density at radius 2 is 1.85 bits per heavy atom. The lowest BCUT2D eigenvalue weighted by atomic mass is 10.2. The number of amides is 1. The Morgan fingerprint density at radius 1 is 1.11 bits per heavy atom. The van der Waals surface area contributed by atoms with Gasteiger partial charge in [0.25, 0.3) is 5.91 Å². The molecule has 1 fully saturated rings. The second kappa shape index (κ2) is 8.50. The summed E-state index contributed by atoms with van der Waals surface area (Å²) in [5.41, 5.74) is 0.568. The lowest BCUT2D eigenvalue weighted by Crippen LogP contribution is -2.35. The van der Waals surface area contributed by atoms with Crippen molar-refractivity contribution in [2.45, 2.75) is 30.7 Å². The van der Waals surface area contributed by atoms with Crippen LogP contribution in [0.4, 0.5) is 4.39 Å². The number of carbonyl (C=O) groups excluding carboxylic acids is 1. The Morgan fingerprint density at radius 3 is 2.59 bits per heavy atom. The molecule has 1 aliphatic heterocycles. The number of hydrogen-bond donors (Lipinski definition) is 1. The molecule has 0 bridgehead atoms. The lowest BCUT2D eigenvalue weighted by molar-refractivity contribution is 0.0947. The standard InChI is InChI=1S/C19H20BrFN2O3S/c20-15-7-8-18(21)17(12-15)19(24)22-13-14-5-4-6-16(11-14)27(25,26)23-9-2-1-3-10-23/h4-8,11-12H,1-3,9-10,13H2,(H,22,24). The van der Waals surface area contributed by atoms with Crippen LogP contribution in [0.1, 0.15) is 35.2 Å². The molecule has 1 heterocycles. The Hall–Kier alpha value is -1.77. The minimum atomic E-state index is -3.53. The van der Waals surface area contributed by atoms with E-state index in [1.807, 2.05) is 0 Å². The zero-order valence-corrected chi connectivity index (χ0v) is 17.0. The number of hydrogen-bond acceptors (Lipinski definition) is 3. The largest absolute Gasteiger partial charge is 0.348 e. The fourth-order valence-electron chi connectivity index (χ4n) is 3.02. The molecule has 0 aliphatic carbocycles. The first-order valence-corrected chi connectivity index (χ1v) is 10.9. The van der Waals surface area contributed by atoms with Crippen molar-refractivity contribution in [3.8, 4) is 0 Å². The minimum absolute atomic E-state index is 0.0681. The second-order valence-electron chi connectivity index (χ2n) is 6.42. The van der Waals surface area contributed by atoms with Crippen LogP contribution in [-0.2, 0) is 16.6 Å². The summed E-state index contributed by atoms with van der Waals surface area (Å²) in [6, 6.07) is 10.6. The van der Waals surface area contributed by atoms with E-state index in [1.54, 1.807) is 24.3 Å². The molecule has 8 heteroatoms. The van der Waals surface area contributed by atoms with Crippen LogP contribution in [0.15, 0.2) is 51.8 Å². The molecule has 0 spiro atoms. The van der Waals surface area contributed by atoms with Crippen LogP contribution in [-0.4, -0.2) is 31.7 Å². The fraction of sp³-hybridized carbons (Fsp3) is 0.316. The predicted octanol–water partition coefficient (Wildman–Crippen LogP) is 3.69. The summed E-state index contributed by atoms with van der Waals surface area (Å²) in [7, 11) is -3.53. The maximum absolute atomic E-state index is 13.8. The summed E-state index contributed by atoms with van der Waals surface area (Å²) >= 11 is 3.21. The van der Waals surface area contributed by atoms with Gasteiger partial charge in [0.15, 0.2) is 0 Å². The molecule has 1 amide bonds. The van der Waals surface area contributed by atoms with Crippen LogP contribution in [0.3, 0.4) is 0 Å². The summed E-state index contributed by atoms with van der Waals surface area (Å²) in [6.45, 7) is 1.17. The SMILES string of the molecule is O=C(NCc1cccc(S(=O)(=O)N2CCCCC2)c1)c1cc(Br)ccc1F. The predicted molar refractivity (Wildman–Crippen MR) is 104 cm³/mol. The molecular formula is C19H20BrFN2O3S. The van der Waals surface area contributed by atoms with E-state index < -0.39 is 21.7 Å². The smallest absolute Gasteiger partial charge is 0.254 e. The Labute approximate surface area is 166 Å². The average Bonchev–Trinajstić information content (AvgIpc) is 2.69. The number of rotatable bonds is 5. The molecule has 27 heavy (non-hydrogen) atoms. The molecule has 0 aromatic heterocycles. The van der Waals surface area contributed by atoms with E-state index in [0.717, 1.165) is 19.3 Å². The lowest BCUT2D eigenvalue weighted by Gasteiger charge is -2.26. The number of sulfonamides is 1. The maximum Gasteiger partial charge on any atom is 0.254 e. The van der Waals surface area contributed by atoms with Crippen molar-refractivity contribution in [1.82, 2.24) is 9.62 Å². The van der Waals surface area contributed by atoms with E-state index in [1.165, 1.54) is 22.5 Å². The van der Waals surface area contributed by atoms with Crippen molar-refractivity contribution in [1.29, 1.82) is 0 Å². The van der Waals surface area contributed by atoms with Crippen LogP contribution in [0.25, 0.3) is 0 Å². The van der Waals surface area contributed by atoms with Gasteiger partial charge in [-0.05, 0) is 48.7 Å². The van der Waals surface area contributed by atoms with E-state index in [2.05, 4.69) is 21.2 Å². The number of nitrogens with one attached hydrogen (secondary N) is 1. The Balaban J connectivity index is 1.72. The quantitative estimate of drug-likeness (QED) is 0.748. The second-order valence-corrected chi connectivity index (χ2v) is 9.27. The van der Waals surface area contributed by atoms with Gasteiger partial charge in [0.2, 0.25) is 10.0 Å². The molecule has 144 valence electrons. The van der Waals surface area contributed by atoms with E-state index in [9.17, 15) is 17.6 Å². The molecular weight excluding hydrogens is 435 g/mol. The summed E-state index contributed by atoms with van der Waals surface area (Å²) in [5.74, 6) is -1.17. The van der Waals surface area contributed by atoms with Gasteiger partial charge in [-0.2, -0.15) is 4.31 Å². The van der Waals surface area contributed by atoms with Crippen LogP contribution < -0.4 is 5.32 Å². The van der Waals surface area contributed by atoms with Gasteiger partial charge in [0.05, 0.1) is 10.5 Å². The molecule has 2 aromatic carbocycles. The number of piperidine rings is 1. The maximum atomic E-state index is 13.8. The van der Waals surface area contributed by atoms with Gasteiger partial charge in [-0.25, -0.2) is 12.8 Å². The van der Waals surface area contributed by atoms with Gasteiger partial charge in [0, 0.05) is 24.1 Å². The van der Waals surface area contributed by atoms with Crippen molar-refractivity contribution in [2.75, 3.05) is 13.1 Å². The number of halogens is 2. The molecule has 0 atom stereocenters. The Kier molecular flexibility index (Phi) is 6.29. The van der Waals surface area contributed by atoms with Gasteiger partial charge in [0.1, 0.15) is 5.82 Å². The normalized spacial score (nSPS) is 15.5. The molecule has 1 saturated heterocycles. The molecule has 5 nitrogen and oxygen atoms in total. The molecule has 1 aliphatic rings. The van der Waals surface area contributed by atoms with E-state index >= 15 is 0 Å². The topological polar surface area (TPSA) is 66.5 Å². The van der Waals surface area contributed by atoms with E-state index in [4.69, 9.17) is 0 Å². The van der Waals surface area contributed by atoms with Crippen LogP contribution in [0.2, 0.25) is 0 Å². The van der Waals surface area contributed by atoms with Crippen LogP contribution in [0.5, 0.6) is 0 Å². The molecule has 2 aromatic rings. The first kappa shape index (κ1) is 20.0. The highest BCUT2D eigenvalue weighted by Crippen LogP contribution is 2.21. The van der Waals surface area contributed by atoms with Gasteiger partial charge >= 0.3 is 0 Å². The van der Waals surface area contributed by atoms with Crippen molar-refractivity contribution in [3.05, 3.63) is 63.9 Å². The fourth-order valence-corrected chi connectivity index (χ4v) is 4.97. The van der Waals surface area contributed by atoms with Crippen molar-refractivity contribution in [3.63, 3.8) is 0 Å². The van der Waals surface area contributed by atoms with Crippen molar-refractivity contribution in [2.24, 2.45) is 0 Å². The zero-order chi connectivity index (χ0) is 19.4. The summed E-state index contributed by atoms with van der Waals surface area (Å²) < 4.78 is 41.4. The number of nitrogens with zero attached hydrogens (tertiary/aromatic N) is 1. The average molecular weight is 455 g/mol. The first-order valence-electron chi connectivity index (χ1n) is 8.70. The Bertz CT molecular complexity index is 944.